The van der Waals surface area contributed by atoms with Crippen molar-refractivity contribution in [2.24, 2.45) is 0 Å². The quantitative estimate of drug-likeness (QED) is 0.759. The Labute approximate surface area is 104 Å². The van der Waals surface area contributed by atoms with Crippen molar-refractivity contribution in [1.29, 1.82) is 0 Å². The monoisotopic (exact) mass is 278 g/mol. The van der Waals surface area contributed by atoms with Crippen molar-refractivity contribution >= 4 is 27.5 Å². The second-order valence-corrected chi connectivity index (χ2v) is 5.08. The van der Waals surface area contributed by atoms with E-state index in [0.717, 1.165) is 0 Å². The molecule has 2 N–H and O–H groups in total. The lowest BCUT2D eigenvalue weighted by atomic mass is 10.4. The Hall–Kier alpha value is -1.15. The molecule has 0 aromatic heterocycles. The fourth-order valence-electron chi connectivity index (χ4n) is 0.907. The molecular weight excluding hydrogens is 268 g/mol. The van der Waals surface area contributed by atoms with Crippen LogP contribution < -0.4 is 10.2 Å². The molecule has 0 heterocycles. The van der Waals surface area contributed by atoms with Gasteiger partial charge in [-0.05, 0) is 24.3 Å². The van der Waals surface area contributed by atoms with Gasteiger partial charge in [0.15, 0.2) is 0 Å². The third-order valence-corrected chi connectivity index (χ3v) is 3.26. The fourth-order valence-corrected chi connectivity index (χ4v) is 1.84. The molecule has 0 aliphatic heterocycles. The summed E-state index contributed by atoms with van der Waals surface area (Å²) in [5.74, 6) is -0.441. The standard InChI is InChI=1S/C9H11ClN2O4S/c1-11-9(13)6-16-12-17(14,15)8-4-2-7(10)3-5-8/h2-5,12H,6H2,1H3,(H,11,13). The first-order valence-corrected chi connectivity index (χ1v) is 6.41. The molecular formula is C9H11ClN2O4S. The second-order valence-electron chi connectivity index (χ2n) is 3.00. The number of benzene rings is 1. The van der Waals surface area contributed by atoms with Gasteiger partial charge in [0.25, 0.3) is 10.0 Å². The molecule has 94 valence electrons. The lowest BCUT2D eigenvalue weighted by molar-refractivity contribution is -0.126. The summed E-state index contributed by atoms with van der Waals surface area (Å²) in [5, 5.41) is 2.71. The second kappa shape index (κ2) is 5.97. The smallest absolute Gasteiger partial charge is 0.262 e. The highest BCUT2D eigenvalue weighted by molar-refractivity contribution is 7.89. The van der Waals surface area contributed by atoms with E-state index in [4.69, 9.17) is 11.6 Å². The maximum atomic E-state index is 11.6. The van der Waals surface area contributed by atoms with Gasteiger partial charge in [0.1, 0.15) is 6.61 Å². The average molecular weight is 279 g/mol. The zero-order valence-corrected chi connectivity index (χ0v) is 10.5. The van der Waals surface area contributed by atoms with Crippen LogP contribution in [0.1, 0.15) is 0 Å². The van der Waals surface area contributed by atoms with Crippen LogP contribution in [0.2, 0.25) is 5.02 Å². The number of carbonyl (C=O) groups excluding carboxylic acids is 1. The van der Waals surface area contributed by atoms with Crippen LogP contribution in [0.15, 0.2) is 29.2 Å². The summed E-state index contributed by atoms with van der Waals surface area (Å²) in [6.45, 7) is -0.399. The Balaban J connectivity index is 2.63. The third kappa shape index (κ3) is 4.31. The first kappa shape index (κ1) is 13.9. The van der Waals surface area contributed by atoms with E-state index in [1.165, 1.54) is 31.3 Å². The SMILES string of the molecule is CNC(=O)CONS(=O)(=O)c1ccc(Cl)cc1. The van der Waals surface area contributed by atoms with E-state index in [2.05, 4.69) is 10.2 Å². The molecule has 0 atom stereocenters. The van der Waals surface area contributed by atoms with Gasteiger partial charge >= 0.3 is 0 Å². The van der Waals surface area contributed by atoms with E-state index in [1.54, 1.807) is 0 Å². The van der Waals surface area contributed by atoms with Gasteiger partial charge in [0.05, 0.1) is 4.90 Å². The number of halogens is 1. The van der Waals surface area contributed by atoms with Crippen LogP contribution in [0.4, 0.5) is 0 Å². The van der Waals surface area contributed by atoms with Crippen molar-refractivity contribution in [3.63, 3.8) is 0 Å². The molecule has 1 amide bonds. The van der Waals surface area contributed by atoms with Gasteiger partial charge in [0, 0.05) is 12.1 Å². The molecule has 17 heavy (non-hydrogen) atoms. The zero-order chi connectivity index (χ0) is 12.9. The lowest BCUT2D eigenvalue weighted by Gasteiger charge is -2.06. The predicted molar refractivity (Wildman–Crippen MR) is 61.8 cm³/mol. The van der Waals surface area contributed by atoms with E-state index in [9.17, 15) is 13.2 Å². The summed E-state index contributed by atoms with van der Waals surface area (Å²) >= 11 is 5.63. The zero-order valence-electron chi connectivity index (χ0n) is 8.94. The average Bonchev–Trinajstić information content (AvgIpc) is 2.29. The van der Waals surface area contributed by atoms with Gasteiger partial charge in [-0.15, -0.1) is 0 Å². The van der Waals surface area contributed by atoms with Crippen LogP contribution in [0.5, 0.6) is 0 Å². The Bertz CT molecular complexity index is 486. The first-order valence-electron chi connectivity index (χ1n) is 4.55. The van der Waals surface area contributed by atoms with E-state index in [0.29, 0.717) is 5.02 Å². The largest absolute Gasteiger partial charge is 0.357 e. The summed E-state index contributed by atoms with van der Waals surface area (Å²) in [7, 11) is -2.38. The molecule has 0 spiro atoms. The minimum atomic E-state index is -3.79. The number of hydrogen-bond acceptors (Lipinski definition) is 4. The van der Waals surface area contributed by atoms with Gasteiger partial charge in [-0.3, -0.25) is 9.63 Å². The van der Waals surface area contributed by atoms with E-state index in [-0.39, 0.29) is 4.90 Å². The number of hydrogen-bond donors (Lipinski definition) is 2. The molecule has 0 unspecified atom stereocenters. The summed E-state index contributed by atoms with van der Waals surface area (Å²) < 4.78 is 23.2. The van der Waals surface area contributed by atoms with Crippen molar-refractivity contribution < 1.29 is 18.0 Å². The van der Waals surface area contributed by atoms with Crippen molar-refractivity contribution in [2.75, 3.05) is 13.7 Å². The molecule has 1 aromatic carbocycles. The van der Waals surface area contributed by atoms with Gasteiger partial charge in [-0.25, -0.2) is 8.42 Å². The molecule has 6 nitrogen and oxygen atoms in total. The topological polar surface area (TPSA) is 84.5 Å². The fraction of sp³-hybridized carbons (Fsp3) is 0.222. The summed E-state index contributed by atoms with van der Waals surface area (Å²) in [4.78, 5) is 17.2. The van der Waals surface area contributed by atoms with Crippen LogP contribution in [0.25, 0.3) is 0 Å². The molecule has 0 saturated carbocycles. The minimum Gasteiger partial charge on any atom is -0.357 e. The van der Waals surface area contributed by atoms with Crippen molar-refractivity contribution in [3.05, 3.63) is 29.3 Å². The number of carbonyl (C=O) groups is 1. The van der Waals surface area contributed by atoms with Crippen LogP contribution in [0, 0.1) is 0 Å². The molecule has 0 saturated heterocycles. The van der Waals surface area contributed by atoms with Gasteiger partial charge in [0.2, 0.25) is 5.91 Å². The maximum absolute atomic E-state index is 11.6. The van der Waals surface area contributed by atoms with Crippen LogP contribution in [-0.2, 0) is 19.7 Å². The van der Waals surface area contributed by atoms with E-state index < -0.39 is 22.5 Å². The van der Waals surface area contributed by atoms with E-state index in [1.807, 2.05) is 4.89 Å². The van der Waals surface area contributed by atoms with Crippen LogP contribution in [0.3, 0.4) is 0 Å². The predicted octanol–water partition coefficient (Wildman–Crippen LogP) is 0.296. The molecule has 0 radical (unpaired) electrons. The number of sulfonamides is 1. The van der Waals surface area contributed by atoms with Crippen LogP contribution in [-0.4, -0.2) is 28.0 Å². The normalized spacial score (nSPS) is 11.2. The minimum absolute atomic E-state index is 0.00110. The van der Waals surface area contributed by atoms with E-state index >= 15 is 0 Å². The third-order valence-electron chi connectivity index (χ3n) is 1.77. The van der Waals surface area contributed by atoms with Crippen LogP contribution >= 0.6 is 11.6 Å². The van der Waals surface area contributed by atoms with Gasteiger partial charge in [-0.1, -0.05) is 16.5 Å². The molecule has 8 heteroatoms. The molecule has 1 rings (SSSR count). The van der Waals surface area contributed by atoms with Crippen molar-refractivity contribution in [3.8, 4) is 0 Å². The number of likely N-dealkylation sites (N-methyl/N-ethyl adjacent to an activating group) is 1. The number of rotatable bonds is 5. The highest BCUT2D eigenvalue weighted by Gasteiger charge is 2.14. The highest BCUT2D eigenvalue weighted by Crippen LogP contribution is 2.13. The first-order chi connectivity index (χ1) is 7.95. The molecule has 1 aromatic rings. The molecule has 0 aliphatic carbocycles. The Morgan fingerprint density at radius 2 is 1.94 bits per heavy atom. The highest BCUT2D eigenvalue weighted by atomic mass is 35.5. The summed E-state index contributed by atoms with van der Waals surface area (Å²) in [6, 6.07) is 5.53. The summed E-state index contributed by atoms with van der Waals surface area (Å²) in [5.41, 5.74) is 0. The lowest BCUT2D eigenvalue weighted by Crippen LogP contribution is -2.31. The maximum Gasteiger partial charge on any atom is 0.262 e. The van der Waals surface area contributed by atoms with Gasteiger partial charge in [-0.2, -0.15) is 0 Å². The Kier molecular flexibility index (Phi) is 4.88. The van der Waals surface area contributed by atoms with Gasteiger partial charge < -0.3 is 5.32 Å². The molecule has 0 fully saturated rings. The summed E-state index contributed by atoms with van der Waals surface area (Å²) in [6.07, 6.45) is 0. The Morgan fingerprint density at radius 1 is 1.35 bits per heavy atom. The number of nitrogens with one attached hydrogen (secondary N) is 2. The van der Waals surface area contributed by atoms with Crippen molar-refractivity contribution in [2.45, 2.75) is 4.90 Å². The number of amides is 1. The molecule has 0 aliphatic rings. The molecule has 0 bridgehead atoms. The van der Waals surface area contributed by atoms with Crippen molar-refractivity contribution in [1.82, 2.24) is 10.2 Å². The Morgan fingerprint density at radius 3 is 2.47 bits per heavy atom.